The highest BCUT2D eigenvalue weighted by Crippen LogP contribution is 2.36. The van der Waals surface area contributed by atoms with E-state index in [1.165, 1.54) is 6.08 Å². The number of hydrogen-bond acceptors (Lipinski definition) is 2. The van der Waals surface area contributed by atoms with Crippen LogP contribution in [-0.2, 0) is 4.79 Å². The van der Waals surface area contributed by atoms with Gasteiger partial charge in [-0.1, -0.05) is 11.6 Å². The maximum atomic E-state index is 12.8. The summed E-state index contributed by atoms with van der Waals surface area (Å²) < 4.78 is 25.5. The van der Waals surface area contributed by atoms with E-state index < -0.39 is 16.7 Å². The molecule has 13 heavy (non-hydrogen) atoms. The van der Waals surface area contributed by atoms with Crippen LogP contribution in [0.5, 0.6) is 0 Å². The third kappa shape index (κ3) is 1.94. The zero-order valence-electron chi connectivity index (χ0n) is 5.94. The number of nitrogens with zero attached hydrogens (tertiary/aromatic N) is 1. The second-order valence-electron chi connectivity index (χ2n) is 2.02. The minimum Gasteiger partial charge on any atom is -0.211 e. The van der Waals surface area contributed by atoms with Crippen molar-refractivity contribution in [1.82, 2.24) is 0 Å². The van der Waals surface area contributed by atoms with Crippen molar-refractivity contribution in [2.75, 3.05) is 0 Å². The Balaban J connectivity index is 3.52. The lowest BCUT2D eigenvalue weighted by Crippen LogP contribution is -1.86. The summed E-state index contributed by atoms with van der Waals surface area (Å²) in [6, 6.07) is 0.831. The summed E-state index contributed by atoms with van der Waals surface area (Å²) >= 11 is 8.23. The molecule has 0 fully saturated rings. The predicted octanol–water partition coefficient (Wildman–Crippen LogP) is 3.35. The molecule has 0 saturated heterocycles. The summed E-state index contributed by atoms with van der Waals surface area (Å²) in [6.45, 7) is 0. The Hall–Kier alpha value is -0.770. The minimum atomic E-state index is -1.24. The second-order valence-corrected chi connectivity index (χ2v) is 3.25. The van der Waals surface area contributed by atoms with Gasteiger partial charge in [-0.05, 0) is 22.0 Å². The van der Waals surface area contributed by atoms with Crippen LogP contribution < -0.4 is 0 Å². The average Bonchev–Trinajstić information content (AvgIpc) is 2.09. The van der Waals surface area contributed by atoms with Crippen molar-refractivity contribution >= 4 is 39.3 Å². The molecule has 0 bridgehead atoms. The summed E-state index contributed by atoms with van der Waals surface area (Å²) in [7, 11) is 0. The van der Waals surface area contributed by atoms with Crippen molar-refractivity contribution in [2.24, 2.45) is 4.99 Å². The van der Waals surface area contributed by atoms with Crippen molar-refractivity contribution in [3.63, 3.8) is 0 Å². The molecule has 0 spiro atoms. The number of carbonyl (C=O) groups excluding carboxylic acids is 1. The first-order valence-corrected chi connectivity index (χ1v) is 4.16. The van der Waals surface area contributed by atoms with Gasteiger partial charge in [0, 0.05) is 4.47 Å². The van der Waals surface area contributed by atoms with E-state index in [-0.39, 0.29) is 10.2 Å². The maximum Gasteiger partial charge on any atom is 0.240 e. The largest absolute Gasteiger partial charge is 0.240 e. The number of halogens is 4. The fourth-order valence-electron chi connectivity index (χ4n) is 0.705. The molecule has 0 aliphatic heterocycles. The van der Waals surface area contributed by atoms with E-state index in [4.69, 9.17) is 11.6 Å². The van der Waals surface area contributed by atoms with Crippen LogP contribution in [0, 0.1) is 11.6 Å². The highest BCUT2D eigenvalue weighted by atomic mass is 79.9. The van der Waals surface area contributed by atoms with Gasteiger partial charge >= 0.3 is 0 Å². The summed E-state index contributed by atoms with van der Waals surface area (Å²) in [5.41, 5.74) is -0.171. The van der Waals surface area contributed by atoms with Crippen LogP contribution in [0.4, 0.5) is 14.5 Å². The number of rotatable bonds is 1. The fourth-order valence-corrected chi connectivity index (χ4v) is 1.54. The molecule has 0 aliphatic carbocycles. The van der Waals surface area contributed by atoms with Crippen LogP contribution in [0.1, 0.15) is 0 Å². The molecule has 0 aliphatic rings. The van der Waals surface area contributed by atoms with Gasteiger partial charge in [0.1, 0.15) is 10.7 Å². The molecular weight excluding hydrogens is 267 g/mol. The molecule has 0 atom stereocenters. The molecule has 2 nitrogen and oxygen atoms in total. The van der Waals surface area contributed by atoms with Gasteiger partial charge in [0.2, 0.25) is 6.08 Å². The molecule has 6 heteroatoms. The monoisotopic (exact) mass is 267 g/mol. The Kier molecular flexibility index (Phi) is 3.14. The average molecular weight is 268 g/mol. The summed E-state index contributed by atoms with van der Waals surface area (Å²) in [4.78, 5) is 13.0. The SMILES string of the molecule is O=C=Nc1c(Br)cc(F)c(F)c1Cl. The normalized spacial score (nSPS) is 9.54. The Morgan fingerprint density at radius 2 is 2.15 bits per heavy atom. The van der Waals surface area contributed by atoms with E-state index in [0.29, 0.717) is 0 Å². The quantitative estimate of drug-likeness (QED) is 0.332. The predicted molar refractivity (Wildman–Crippen MR) is 46.8 cm³/mol. The molecular formula is C7HBrClF2NO. The molecule has 0 heterocycles. The van der Waals surface area contributed by atoms with E-state index in [9.17, 15) is 13.6 Å². The highest BCUT2D eigenvalue weighted by molar-refractivity contribution is 9.10. The Labute approximate surface area is 85.4 Å². The Bertz CT molecular complexity index is 404. The van der Waals surface area contributed by atoms with Gasteiger partial charge in [-0.2, -0.15) is 4.99 Å². The van der Waals surface area contributed by atoms with E-state index >= 15 is 0 Å². The molecule has 1 aromatic rings. The molecule has 0 saturated carbocycles. The van der Waals surface area contributed by atoms with Gasteiger partial charge in [-0.25, -0.2) is 13.6 Å². The van der Waals surface area contributed by atoms with Crippen molar-refractivity contribution in [2.45, 2.75) is 0 Å². The standard InChI is InChI=1S/C7HBrClF2NO/c8-3-1-4(10)6(11)5(9)7(3)12-2-13/h1H. The molecule has 0 unspecified atom stereocenters. The van der Waals surface area contributed by atoms with Crippen LogP contribution in [0.3, 0.4) is 0 Å². The Morgan fingerprint density at radius 1 is 1.54 bits per heavy atom. The number of hydrogen-bond donors (Lipinski definition) is 0. The fraction of sp³-hybridized carbons (Fsp3) is 0. The lowest BCUT2D eigenvalue weighted by molar-refractivity contribution is 0.508. The van der Waals surface area contributed by atoms with Crippen LogP contribution in [-0.4, -0.2) is 6.08 Å². The molecule has 0 aromatic heterocycles. The lowest BCUT2D eigenvalue weighted by atomic mass is 10.3. The zero-order valence-corrected chi connectivity index (χ0v) is 8.29. The van der Waals surface area contributed by atoms with Crippen LogP contribution in [0.2, 0.25) is 5.02 Å². The lowest BCUT2D eigenvalue weighted by Gasteiger charge is -2.01. The summed E-state index contributed by atoms with van der Waals surface area (Å²) in [5, 5.41) is -0.546. The van der Waals surface area contributed by atoms with Crippen molar-refractivity contribution in [3.8, 4) is 0 Å². The summed E-state index contributed by atoms with van der Waals surface area (Å²) in [6.07, 6.45) is 1.18. The Morgan fingerprint density at radius 3 is 2.69 bits per heavy atom. The highest BCUT2D eigenvalue weighted by Gasteiger charge is 2.15. The molecule has 0 radical (unpaired) electrons. The maximum absolute atomic E-state index is 12.8. The molecule has 0 N–H and O–H groups in total. The second kappa shape index (κ2) is 3.96. The number of aliphatic imine (C=N–C) groups is 1. The molecule has 68 valence electrons. The third-order valence-corrected chi connectivity index (χ3v) is 2.20. The van der Waals surface area contributed by atoms with Gasteiger partial charge < -0.3 is 0 Å². The number of benzene rings is 1. The molecule has 0 amide bonds. The molecule has 1 rings (SSSR count). The molecule has 1 aromatic carbocycles. The van der Waals surface area contributed by atoms with Gasteiger partial charge in [-0.15, -0.1) is 0 Å². The van der Waals surface area contributed by atoms with E-state index in [0.717, 1.165) is 6.07 Å². The van der Waals surface area contributed by atoms with Gasteiger partial charge in [0.05, 0.1) is 0 Å². The van der Waals surface area contributed by atoms with Gasteiger partial charge in [-0.3, -0.25) is 0 Å². The summed E-state index contributed by atoms with van der Waals surface area (Å²) in [5.74, 6) is -2.35. The third-order valence-electron chi connectivity index (χ3n) is 1.25. The van der Waals surface area contributed by atoms with E-state index in [1.54, 1.807) is 0 Å². The van der Waals surface area contributed by atoms with E-state index in [1.807, 2.05) is 0 Å². The minimum absolute atomic E-state index is 0.0970. The topological polar surface area (TPSA) is 29.4 Å². The van der Waals surface area contributed by atoms with Gasteiger partial charge in [0.25, 0.3) is 0 Å². The van der Waals surface area contributed by atoms with Crippen molar-refractivity contribution in [3.05, 3.63) is 27.2 Å². The van der Waals surface area contributed by atoms with Crippen LogP contribution in [0.25, 0.3) is 0 Å². The van der Waals surface area contributed by atoms with E-state index in [2.05, 4.69) is 20.9 Å². The van der Waals surface area contributed by atoms with Crippen LogP contribution >= 0.6 is 27.5 Å². The van der Waals surface area contributed by atoms with Gasteiger partial charge in [0.15, 0.2) is 11.6 Å². The first-order chi connectivity index (χ1) is 6.07. The van der Waals surface area contributed by atoms with Crippen LogP contribution in [0.15, 0.2) is 15.5 Å². The zero-order chi connectivity index (χ0) is 10.0. The smallest absolute Gasteiger partial charge is 0.211 e. The first kappa shape index (κ1) is 10.3. The number of isocyanates is 1. The van der Waals surface area contributed by atoms with Crippen molar-refractivity contribution in [1.29, 1.82) is 0 Å². The van der Waals surface area contributed by atoms with Crippen molar-refractivity contribution < 1.29 is 13.6 Å². The first-order valence-electron chi connectivity index (χ1n) is 2.98.